The molecule has 1 aromatic heterocycles. The molecule has 1 N–H and O–H groups in total. The number of aryl methyl sites for hydroxylation is 1. The molecule has 4 nitrogen and oxygen atoms in total. The SMILES string of the molecule is CCc1ccc(Oc2cccc(CO)n2)c(OC)c1. The third-order valence-corrected chi connectivity index (χ3v) is 2.79. The van der Waals surface area contributed by atoms with E-state index in [-0.39, 0.29) is 6.61 Å². The van der Waals surface area contributed by atoms with Crippen LogP contribution in [0.15, 0.2) is 36.4 Å². The van der Waals surface area contributed by atoms with Gasteiger partial charge in [0.15, 0.2) is 11.5 Å². The molecule has 0 amide bonds. The van der Waals surface area contributed by atoms with Crippen LogP contribution in [0.5, 0.6) is 17.4 Å². The molecule has 0 radical (unpaired) electrons. The number of ether oxygens (including phenoxy) is 2. The number of aromatic nitrogens is 1. The van der Waals surface area contributed by atoms with Crippen molar-refractivity contribution in [2.45, 2.75) is 20.0 Å². The lowest BCUT2D eigenvalue weighted by atomic mass is 10.1. The van der Waals surface area contributed by atoms with E-state index in [1.54, 1.807) is 25.3 Å². The van der Waals surface area contributed by atoms with Gasteiger partial charge in [0.05, 0.1) is 19.4 Å². The molecule has 1 aromatic carbocycles. The molecular formula is C15H17NO3. The molecular weight excluding hydrogens is 242 g/mol. The quantitative estimate of drug-likeness (QED) is 0.897. The first kappa shape index (κ1) is 13.4. The van der Waals surface area contributed by atoms with Crippen molar-refractivity contribution in [3.8, 4) is 17.4 Å². The zero-order chi connectivity index (χ0) is 13.7. The van der Waals surface area contributed by atoms with E-state index in [4.69, 9.17) is 14.6 Å². The van der Waals surface area contributed by atoms with Gasteiger partial charge in [0.25, 0.3) is 0 Å². The van der Waals surface area contributed by atoms with Crippen molar-refractivity contribution in [2.24, 2.45) is 0 Å². The van der Waals surface area contributed by atoms with Crippen LogP contribution in [0.4, 0.5) is 0 Å². The monoisotopic (exact) mass is 259 g/mol. The third kappa shape index (κ3) is 3.23. The van der Waals surface area contributed by atoms with E-state index in [9.17, 15) is 0 Å². The Morgan fingerprint density at radius 1 is 1.16 bits per heavy atom. The summed E-state index contributed by atoms with van der Waals surface area (Å²) in [7, 11) is 1.61. The van der Waals surface area contributed by atoms with Gasteiger partial charge in [-0.05, 0) is 30.2 Å². The Labute approximate surface area is 112 Å². The highest BCUT2D eigenvalue weighted by Crippen LogP contribution is 2.31. The maximum atomic E-state index is 9.05. The fourth-order valence-corrected chi connectivity index (χ4v) is 1.73. The van der Waals surface area contributed by atoms with Crippen molar-refractivity contribution in [1.29, 1.82) is 0 Å². The summed E-state index contributed by atoms with van der Waals surface area (Å²) in [5, 5.41) is 9.05. The van der Waals surface area contributed by atoms with Gasteiger partial charge in [0.1, 0.15) is 0 Å². The second kappa shape index (κ2) is 6.20. The van der Waals surface area contributed by atoms with E-state index in [1.807, 2.05) is 18.2 Å². The number of methoxy groups -OCH3 is 1. The van der Waals surface area contributed by atoms with Crippen LogP contribution in [-0.4, -0.2) is 17.2 Å². The Kier molecular flexibility index (Phi) is 4.36. The number of benzene rings is 1. The topological polar surface area (TPSA) is 51.6 Å². The summed E-state index contributed by atoms with van der Waals surface area (Å²) in [6.45, 7) is 1.98. The molecule has 100 valence electrons. The molecule has 0 saturated heterocycles. The number of aliphatic hydroxyl groups is 1. The van der Waals surface area contributed by atoms with Crippen molar-refractivity contribution in [2.75, 3.05) is 7.11 Å². The van der Waals surface area contributed by atoms with Crippen LogP contribution in [0.2, 0.25) is 0 Å². The smallest absolute Gasteiger partial charge is 0.219 e. The maximum absolute atomic E-state index is 9.05. The summed E-state index contributed by atoms with van der Waals surface area (Å²) in [5.74, 6) is 1.73. The molecule has 4 heteroatoms. The van der Waals surface area contributed by atoms with Crippen molar-refractivity contribution in [3.63, 3.8) is 0 Å². The van der Waals surface area contributed by atoms with Crippen LogP contribution in [0.3, 0.4) is 0 Å². The van der Waals surface area contributed by atoms with Crippen molar-refractivity contribution >= 4 is 0 Å². The van der Waals surface area contributed by atoms with Gasteiger partial charge in [-0.3, -0.25) is 0 Å². The first-order valence-electron chi connectivity index (χ1n) is 6.18. The number of hydrogen-bond acceptors (Lipinski definition) is 4. The summed E-state index contributed by atoms with van der Waals surface area (Å²) in [4.78, 5) is 4.18. The molecule has 0 fully saturated rings. The highest BCUT2D eigenvalue weighted by molar-refractivity contribution is 5.44. The highest BCUT2D eigenvalue weighted by Gasteiger charge is 2.07. The molecule has 1 heterocycles. The molecule has 2 aromatic rings. The average Bonchev–Trinajstić information content (AvgIpc) is 2.48. The third-order valence-electron chi connectivity index (χ3n) is 2.79. The second-order valence-corrected chi connectivity index (χ2v) is 4.07. The first-order valence-corrected chi connectivity index (χ1v) is 6.18. The molecule has 0 spiro atoms. The summed E-state index contributed by atoms with van der Waals surface area (Å²) in [5.41, 5.74) is 1.75. The van der Waals surface area contributed by atoms with Gasteiger partial charge >= 0.3 is 0 Å². The van der Waals surface area contributed by atoms with Crippen LogP contribution in [0, 0.1) is 0 Å². The first-order chi connectivity index (χ1) is 9.26. The molecule has 0 atom stereocenters. The van der Waals surface area contributed by atoms with Crippen LogP contribution in [0.1, 0.15) is 18.2 Å². The number of pyridine rings is 1. The minimum Gasteiger partial charge on any atom is -0.493 e. The molecule has 19 heavy (non-hydrogen) atoms. The fourth-order valence-electron chi connectivity index (χ4n) is 1.73. The average molecular weight is 259 g/mol. The Morgan fingerprint density at radius 3 is 2.68 bits per heavy atom. The zero-order valence-electron chi connectivity index (χ0n) is 11.1. The Morgan fingerprint density at radius 2 is 2.00 bits per heavy atom. The summed E-state index contributed by atoms with van der Waals surface area (Å²) < 4.78 is 11.0. The highest BCUT2D eigenvalue weighted by atomic mass is 16.5. The van der Waals surface area contributed by atoms with E-state index >= 15 is 0 Å². The number of rotatable bonds is 5. The standard InChI is InChI=1S/C15H17NO3/c1-3-11-7-8-13(14(9-11)18-2)19-15-6-4-5-12(10-17)16-15/h4-9,17H,3,10H2,1-2H3. The number of aliphatic hydroxyl groups excluding tert-OH is 1. The maximum Gasteiger partial charge on any atom is 0.219 e. The van der Waals surface area contributed by atoms with Gasteiger partial charge in [0, 0.05) is 6.07 Å². The Hall–Kier alpha value is -2.07. The molecule has 0 bridgehead atoms. The molecule has 2 rings (SSSR count). The van der Waals surface area contributed by atoms with Crippen LogP contribution >= 0.6 is 0 Å². The Bertz CT molecular complexity index is 555. The lowest BCUT2D eigenvalue weighted by Gasteiger charge is -2.11. The number of hydrogen-bond donors (Lipinski definition) is 1. The Balaban J connectivity index is 2.26. The van der Waals surface area contributed by atoms with Gasteiger partial charge in [-0.1, -0.05) is 19.1 Å². The zero-order valence-corrected chi connectivity index (χ0v) is 11.1. The molecule has 0 saturated carbocycles. The lowest BCUT2D eigenvalue weighted by molar-refractivity contribution is 0.275. The molecule has 0 aliphatic carbocycles. The van der Waals surface area contributed by atoms with Gasteiger partial charge in [0.2, 0.25) is 5.88 Å². The molecule has 0 aliphatic rings. The minimum atomic E-state index is -0.108. The van der Waals surface area contributed by atoms with E-state index < -0.39 is 0 Å². The van der Waals surface area contributed by atoms with Crippen molar-refractivity contribution in [1.82, 2.24) is 4.98 Å². The van der Waals surface area contributed by atoms with Gasteiger partial charge in [-0.2, -0.15) is 0 Å². The summed E-state index contributed by atoms with van der Waals surface area (Å²) >= 11 is 0. The van der Waals surface area contributed by atoms with E-state index in [2.05, 4.69) is 11.9 Å². The summed E-state index contributed by atoms with van der Waals surface area (Å²) in [6.07, 6.45) is 0.939. The van der Waals surface area contributed by atoms with E-state index in [1.165, 1.54) is 5.56 Å². The largest absolute Gasteiger partial charge is 0.493 e. The molecule has 0 unspecified atom stereocenters. The van der Waals surface area contributed by atoms with Gasteiger partial charge in [-0.15, -0.1) is 0 Å². The predicted molar refractivity (Wildman–Crippen MR) is 72.6 cm³/mol. The minimum absolute atomic E-state index is 0.108. The summed E-state index contributed by atoms with van der Waals surface area (Å²) in [6, 6.07) is 11.1. The van der Waals surface area contributed by atoms with Crippen molar-refractivity contribution < 1.29 is 14.6 Å². The van der Waals surface area contributed by atoms with E-state index in [0.717, 1.165) is 6.42 Å². The fraction of sp³-hybridized carbons (Fsp3) is 0.267. The lowest BCUT2D eigenvalue weighted by Crippen LogP contribution is -1.95. The van der Waals surface area contributed by atoms with Crippen molar-refractivity contribution in [3.05, 3.63) is 47.7 Å². The van der Waals surface area contributed by atoms with Crippen LogP contribution in [-0.2, 0) is 13.0 Å². The van der Waals surface area contributed by atoms with E-state index in [0.29, 0.717) is 23.1 Å². The van der Waals surface area contributed by atoms with Crippen LogP contribution in [0.25, 0.3) is 0 Å². The van der Waals surface area contributed by atoms with Gasteiger partial charge < -0.3 is 14.6 Å². The number of nitrogens with zero attached hydrogens (tertiary/aromatic N) is 1. The van der Waals surface area contributed by atoms with Gasteiger partial charge in [-0.25, -0.2) is 4.98 Å². The normalized spacial score (nSPS) is 10.3. The van der Waals surface area contributed by atoms with Crippen LogP contribution < -0.4 is 9.47 Å². The molecule has 0 aliphatic heterocycles. The second-order valence-electron chi connectivity index (χ2n) is 4.07. The predicted octanol–water partition coefficient (Wildman–Crippen LogP) is 2.94.